The number of piperidine rings is 1. The van der Waals surface area contributed by atoms with Crippen molar-refractivity contribution >= 4 is 52.4 Å². The number of benzene rings is 3. The molecule has 7 amide bonds. The molecule has 4 heterocycles. The van der Waals surface area contributed by atoms with Gasteiger partial charge in [0.25, 0.3) is 0 Å². The van der Waals surface area contributed by atoms with Gasteiger partial charge in [0.1, 0.15) is 24.2 Å². The zero-order valence-electron chi connectivity index (χ0n) is 37.9. The Hall–Kier alpha value is -6.62. The van der Waals surface area contributed by atoms with Gasteiger partial charge in [0.15, 0.2) is 0 Å². The lowest BCUT2D eigenvalue weighted by Gasteiger charge is -2.38. The maximum atomic E-state index is 14.1. The number of primary amides is 1. The third-order valence-corrected chi connectivity index (χ3v) is 14.4. The van der Waals surface area contributed by atoms with Crippen LogP contribution in [-0.4, -0.2) is 97.5 Å². The summed E-state index contributed by atoms with van der Waals surface area (Å²) in [7, 11) is 1.69. The fourth-order valence-electron chi connectivity index (χ4n) is 10.7. The molecule has 67 heavy (non-hydrogen) atoms. The molecule has 3 saturated heterocycles. The fraction of sp³-hybridized carbons (Fsp3) is 0.480. The first-order valence-corrected chi connectivity index (χ1v) is 23.6. The predicted molar refractivity (Wildman–Crippen MR) is 248 cm³/mol. The van der Waals surface area contributed by atoms with E-state index in [9.17, 15) is 38.4 Å². The number of nitrogens with one attached hydrogen (secondary N) is 3. The van der Waals surface area contributed by atoms with Crippen molar-refractivity contribution in [3.8, 4) is 0 Å². The van der Waals surface area contributed by atoms with Gasteiger partial charge >= 0.3 is 5.69 Å². The Bertz CT molecular complexity index is 2530. The maximum Gasteiger partial charge on any atom is 0.329 e. The Balaban J connectivity index is 0.847. The fourth-order valence-corrected chi connectivity index (χ4v) is 10.7. The van der Waals surface area contributed by atoms with Gasteiger partial charge in [-0.2, -0.15) is 0 Å². The summed E-state index contributed by atoms with van der Waals surface area (Å²) < 4.78 is 3.04. The molecule has 4 fully saturated rings. The molecule has 0 spiro atoms. The lowest BCUT2D eigenvalue weighted by molar-refractivity contribution is -0.145. The first-order valence-electron chi connectivity index (χ1n) is 23.6. The summed E-state index contributed by atoms with van der Waals surface area (Å²) >= 11 is 0. The lowest BCUT2D eigenvalue weighted by atomic mass is 9.78. The molecular formula is C50H61N9O8. The monoisotopic (exact) mass is 915 g/mol. The number of aromatic nitrogens is 2. The van der Waals surface area contributed by atoms with Crippen LogP contribution in [0.25, 0.3) is 11.0 Å². The van der Waals surface area contributed by atoms with E-state index >= 15 is 0 Å². The number of fused-ring (bicyclic) bond motifs is 2. The van der Waals surface area contributed by atoms with E-state index < -0.39 is 59.7 Å². The number of imidazole rings is 1. The molecule has 5 atom stereocenters. The molecule has 1 aromatic heterocycles. The number of hydrogen-bond acceptors (Lipinski definition) is 9. The Kier molecular flexibility index (Phi) is 14.3. The molecule has 0 radical (unpaired) electrons. The van der Waals surface area contributed by atoms with Gasteiger partial charge in [-0.15, -0.1) is 0 Å². The van der Waals surface area contributed by atoms with E-state index in [0.29, 0.717) is 43.7 Å². The van der Waals surface area contributed by atoms with Crippen molar-refractivity contribution in [2.45, 2.75) is 120 Å². The van der Waals surface area contributed by atoms with Gasteiger partial charge in [-0.3, -0.25) is 48.0 Å². The topological polar surface area (TPSA) is 241 Å². The van der Waals surface area contributed by atoms with Crippen molar-refractivity contribution in [2.24, 2.45) is 30.4 Å². The summed E-state index contributed by atoms with van der Waals surface area (Å²) in [4.78, 5) is 109. The molecule has 1 unspecified atom stereocenters. The first kappa shape index (κ1) is 46.9. The van der Waals surface area contributed by atoms with E-state index in [2.05, 4.69) is 16.0 Å². The van der Waals surface area contributed by atoms with Crippen LogP contribution in [0.2, 0.25) is 0 Å². The van der Waals surface area contributed by atoms with Gasteiger partial charge in [0.05, 0.1) is 17.1 Å². The maximum absolute atomic E-state index is 14.1. The number of aryl methyl sites for hydroxylation is 1. The SMILES string of the molecule is Cn1c(=O)n(C2CCC(=O)NC2=O)c2ccc(C[C@H]3CC[C@H](CC(=O)N4CC[C@H]5CC[C@@H](C(=O)N[C@@H](CCC(N)=O)C(=O)NC(c6ccccc6)c6ccccc6)N5C(=O)[C@@H](N)C4)CC3)cc21. The number of carbonyl (C=O) groups excluding carboxylic acids is 7. The van der Waals surface area contributed by atoms with Gasteiger partial charge < -0.3 is 31.9 Å². The third-order valence-electron chi connectivity index (χ3n) is 14.4. The molecule has 7 N–H and O–H groups in total. The van der Waals surface area contributed by atoms with Gasteiger partial charge in [-0.05, 0) is 105 Å². The molecule has 3 aliphatic heterocycles. The van der Waals surface area contributed by atoms with Crippen LogP contribution in [0.1, 0.15) is 106 Å². The summed E-state index contributed by atoms with van der Waals surface area (Å²) in [5.41, 5.74) is 15.9. The second-order valence-corrected chi connectivity index (χ2v) is 18.9. The molecule has 4 aromatic rings. The molecule has 354 valence electrons. The zero-order chi connectivity index (χ0) is 47.4. The highest BCUT2D eigenvalue weighted by molar-refractivity contribution is 6.00. The van der Waals surface area contributed by atoms with E-state index in [1.807, 2.05) is 78.9 Å². The van der Waals surface area contributed by atoms with Crippen molar-refractivity contribution in [1.29, 1.82) is 0 Å². The highest BCUT2D eigenvalue weighted by Gasteiger charge is 2.45. The summed E-state index contributed by atoms with van der Waals surface area (Å²) in [6, 6.07) is 20.1. The Morgan fingerprint density at radius 2 is 1.46 bits per heavy atom. The van der Waals surface area contributed by atoms with E-state index in [4.69, 9.17) is 11.5 Å². The normalized spacial score (nSPS) is 23.8. The van der Waals surface area contributed by atoms with Crippen molar-refractivity contribution in [3.63, 3.8) is 0 Å². The number of imide groups is 1. The van der Waals surface area contributed by atoms with Crippen molar-refractivity contribution in [3.05, 3.63) is 106 Å². The predicted octanol–water partition coefficient (Wildman–Crippen LogP) is 2.63. The standard InChI is InChI=1S/C50H61N9O8/c1-56-41-27-32(16-19-38(41)59(50(56)67)40-21-23-43(61)54-48(40)65)26-30-12-14-31(15-13-30)28-44(62)57-25-24-35-17-20-39(58(35)49(66)36(51)29-57)47(64)53-37(18-22-42(52)60)46(63)55-45(33-8-4-2-5-9-33)34-10-6-3-7-11-34/h2-11,16,19,27,30-31,35-37,39-40,45H,12-15,17-18,20-26,28-29,51H2,1H3,(H2,52,60)(H,53,64)(H,55,63)(H,54,61,65)/t30-,31-,35-,36+,37+,39+,40?/m1/s1. The van der Waals surface area contributed by atoms with Crippen LogP contribution < -0.4 is 33.1 Å². The van der Waals surface area contributed by atoms with Crippen LogP contribution >= 0.6 is 0 Å². The summed E-state index contributed by atoms with van der Waals surface area (Å²) in [6.45, 7) is 0.426. The third kappa shape index (κ3) is 10.5. The van der Waals surface area contributed by atoms with Gasteiger partial charge in [0.2, 0.25) is 41.4 Å². The van der Waals surface area contributed by atoms with Crippen LogP contribution in [-0.2, 0) is 47.0 Å². The molecular weight excluding hydrogens is 855 g/mol. The van der Waals surface area contributed by atoms with E-state index in [1.54, 1.807) is 21.4 Å². The molecule has 0 bridgehead atoms. The zero-order valence-corrected chi connectivity index (χ0v) is 37.9. The largest absolute Gasteiger partial charge is 0.370 e. The number of nitrogens with two attached hydrogens (primary N) is 2. The second kappa shape index (κ2) is 20.5. The summed E-state index contributed by atoms with van der Waals surface area (Å²) in [5, 5.41) is 8.27. The smallest absolute Gasteiger partial charge is 0.329 e. The van der Waals surface area contributed by atoms with Crippen LogP contribution in [0.15, 0.2) is 83.7 Å². The van der Waals surface area contributed by atoms with Crippen molar-refractivity contribution in [1.82, 2.24) is 34.9 Å². The molecule has 17 heteroatoms. The van der Waals surface area contributed by atoms with Crippen LogP contribution in [0, 0.1) is 11.8 Å². The average molecular weight is 916 g/mol. The molecule has 4 aliphatic rings. The minimum Gasteiger partial charge on any atom is -0.370 e. The number of rotatable bonds is 14. The highest BCUT2D eigenvalue weighted by atomic mass is 16.2. The Morgan fingerprint density at radius 3 is 2.12 bits per heavy atom. The lowest BCUT2D eigenvalue weighted by Crippen LogP contribution is -2.60. The van der Waals surface area contributed by atoms with E-state index in [1.165, 1.54) is 4.57 Å². The van der Waals surface area contributed by atoms with Crippen LogP contribution in [0.3, 0.4) is 0 Å². The first-order chi connectivity index (χ1) is 32.2. The van der Waals surface area contributed by atoms with E-state index in [0.717, 1.165) is 54.3 Å². The number of hydrogen-bond donors (Lipinski definition) is 5. The number of nitrogens with zero attached hydrogens (tertiary/aromatic N) is 4. The molecule has 3 aromatic carbocycles. The minimum absolute atomic E-state index is 0.0319. The number of amides is 7. The molecule has 1 aliphatic carbocycles. The highest BCUT2D eigenvalue weighted by Crippen LogP contribution is 2.35. The minimum atomic E-state index is -1.11. The van der Waals surface area contributed by atoms with Gasteiger partial charge in [-0.25, -0.2) is 4.79 Å². The Labute approximate surface area is 389 Å². The van der Waals surface area contributed by atoms with Crippen LogP contribution in [0.4, 0.5) is 0 Å². The Morgan fingerprint density at radius 1 is 0.791 bits per heavy atom. The van der Waals surface area contributed by atoms with Gasteiger partial charge in [0, 0.05) is 45.4 Å². The summed E-state index contributed by atoms with van der Waals surface area (Å²) in [5.74, 6) is -2.27. The second-order valence-electron chi connectivity index (χ2n) is 18.9. The van der Waals surface area contributed by atoms with Gasteiger partial charge in [-0.1, -0.05) is 66.7 Å². The molecule has 1 saturated carbocycles. The van der Waals surface area contributed by atoms with Crippen molar-refractivity contribution < 1.29 is 33.6 Å². The molecule has 8 rings (SSSR count). The average Bonchev–Trinajstić information content (AvgIpc) is 3.85. The molecule has 17 nitrogen and oxygen atoms in total. The van der Waals surface area contributed by atoms with Crippen molar-refractivity contribution in [2.75, 3.05) is 13.1 Å². The van der Waals surface area contributed by atoms with E-state index in [-0.39, 0.29) is 61.7 Å². The number of carbonyl (C=O) groups is 7. The summed E-state index contributed by atoms with van der Waals surface area (Å²) in [6.07, 6.45) is 6.47. The quantitative estimate of drug-likeness (QED) is 0.117. The van der Waals surface area contributed by atoms with Crippen LogP contribution in [0.5, 0.6) is 0 Å².